The molecule has 3 rings (SSSR count). The summed E-state index contributed by atoms with van der Waals surface area (Å²) in [5.41, 5.74) is 9.42. The van der Waals surface area contributed by atoms with Crippen LogP contribution in [0.25, 0.3) is 21.9 Å². The van der Waals surface area contributed by atoms with Crippen LogP contribution in [0.15, 0.2) is 62.6 Å². The predicted molar refractivity (Wildman–Crippen MR) is 133 cm³/mol. The molecule has 0 spiro atoms. The number of hydrogen-bond acceptors (Lipinski definition) is 9. The summed E-state index contributed by atoms with van der Waals surface area (Å²) in [7, 11) is 0. The number of allylic oxidation sites excluding steroid dienone is 2. The molecule has 1 amide bonds. The van der Waals surface area contributed by atoms with Crippen molar-refractivity contribution in [3.8, 4) is 11.5 Å². The summed E-state index contributed by atoms with van der Waals surface area (Å²) in [5, 5.41) is 17.1. The Labute approximate surface area is 216 Å². The lowest BCUT2D eigenvalue weighted by Gasteiger charge is -2.24. The molecular formula is C23H28FN7O5S. The van der Waals surface area contributed by atoms with Crippen molar-refractivity contribution >= 4 is 17.1 Å². The van der Waals surface area contributed by atoms with E-state index in [0.29, 0.717) is 50.5 Å². The maximum absolute atomic E-state index is 13.1. The largest absolute Gasteiger partial charge is 0.607 e. The van der Waals surface area contributed by atoms with Crippen LogP contribution in [0.2, 0.25) is 0 Å². The first-order valence-corrected chi connectivity index (χ1v) is 12.9. The zero-order valence-corrected chi connectivity index (χ0v) is 21.1. The third kappa shape index (κ3) is 9.42. The lowest BCUT2D eigenvalue weighted by molar-refractivity contribution is -0.121. The van der Waals surface area contributed by atoms with E-state index in [1.807, 2.05) is 6.92 Å². The summed E-state index contributed by atoms with van der Waals surface area (Å²) in [6.45, 7) is 3.59. The Morgan fingerprint density at radius 1 is 1.30 bits per heavy atom. The highest BCUT2D eigenvalue weighted by atomic mass is 32.2. The van der Waals surface area contributed by atoms with Crippen molar-refractivity contribution in [1.29, 1.82) is 0 Å². The molecule has 37 heavy (non-hydrogen) atoms. The minimum Gasteiger partial charge on any atom is -0.607 e. The summed E-state index contributed by atoms with van der Waals surface area (Å²) in [4.78, 5) is 14.5. The number of rotatable bonds is 15. The maximum Gasteiger partial charge on any atom is 0.436 e. The molecule has 0 fully saturated rings. The number of nitrogens with zero attached hydrogens (tertiary/aromatic N) is 5. The molecule has 12 nitrogen and oxygen atoms in total. The van der Waals surface area contributed by atoms with Gasteiger partial charge in [0.15, 0.2) is 5.75 Å². The molecule has 2 atom stereocenters. The number of benzene rings is 1. The van der Waals surface area contributed by atoms with E-state index in [9.17, 15) is 13.7 Å². The van der Waals surface area contributed by atoms with E-state index in [1.54, 1.807) is 12.2 Å². The van der Waals surface area contributed by atoms with Crippen LogP contribution in [0.3, 0.4) is 0 Å². The van der Waals surface area contributed by atoms with Crippen molar-refractivity contribution in [3.05, 3.63) is 64.1 Å². The number of carbonyl (C=O) groups is 1. The van der Waals surface area contributed by atoms with Gasteiger partial charge in [-0.25, -0.2) is 4.39 Å². The smallest absolute Gasteiger partial charge is 0.436 e. The van der Waals surface area contributed by atoms with Crippen LogP contribution >= 0.6 is 0 Å². The summed E-state index contributed by atoms with van der Waals surface area (Å²) in [6.07, 6.45) is 4.44. The van der Waals surface area contributed by atoms with Crippen LogP contribution in [-0.4, -0.2) is 65.4 Å². The van der Waals surface area contributed by atoms with Gasteiger partial charge in [0, 0.05) is 30.0 Å². The molecule has 0 saturated carbocycles. The van der Waals surface area contributed by atoms with E-state index >= 15 is 0 Å². The van der Waals surface area contributed by atoms with Crippen molar-refractivity contribution in [2.75, 3.05) is 38.7 Å². The molecule has 1 aliphatic heterocycles. The van der Waals surface area contributed by atoms with Gasteiger partial charge >= 0.3 is 5.22 Å². The maximum atomic E-state index is 13.1. The van der Waals surface area contributed by atoms with Crippen LogP contribution in [-0.2, 0) is 25.4 Å². The van der Waals surface area contributed by atoms with Crippen LogP contribution in [0.4, 0.5) is 4.39 Å². The molecule has 14 heteroatoms. The third-order valence-corrected chi connectivity index (χ3v) is 6.17. The van der Waals surface area contributed by atoms with Crippen molar-refractivity contribution in [3.63, 3.8) is 0 Å². The molecule has 0 aliphatic carbocycles. The fourth-order valence-corrected chi connectivity index (χ4v) is 4.12. The number of aromatic nitrogens is 2. The molecule has 2 N–H and O–H groups in total. The molecule has 1 aromatic heterocycles. The Morgan fingerprint density at radius 2 is 2.11 bits per heavy atom. The normalized spacial score (nSPS) is 15.6. The van der Waals surface area contributed by atoms with Gasteiger partial charge < -0.3 is 29.1 Å². The van der Waals surface area contributed by atoms with Crippen molar-refractivity contribution in [2.24, 2.45) is 5.11 Å². The minimum atomic E-state index is -1.57. The molecule has 2 heterocycles. The van der Waals surface area contributed by atoms with Gasteiger partial charge in [0.2, 0.25) is 5.91 Å². The first-order chi connectivity index (χ1) is 18.0. The lowest BCUT2D eigenvalue weighted by atomic mass is 10.2. The van der Waals surface area contributed by atoms with Gasteiger partial charge in [0.1, 0.15) is 11.6 Å². The minimum absolute atomic E-state index is 0.0151. The van der Waals surface area contributed by atoms with Gasteiger partial charge in [-0.1, -0.05) is 10.2 Å². The van der Waals surface area contributed by atoms with Crippen molar-refractivity contribution < 1.29 is 27.6 Å². The number of azide groups is 1. The van der Waals surface area contributed by atoms with Crippen molar-refractivity contribution in [2.45, 2.75) is 31.0 Å². The Morgan fingerprint density at radius 3 is 2.86 bits per heavy atom. The molecule has 1 aromatic carbocycles. The topological polar surface area (TPSA) is 170 Å². The lowest BCUT2D eigenvalue weighted by Crippen LogP contribution is -2.34. The summed E-state index contributed by atoms with van der Waals surface area (Å²) >= 11 is -1.57. The third-order valence-electron chi connectivity index (χ3n) is 5.04. The highest BCUT2D eigenvalue weighted by molar-refractivity contribution is 7.91. The number of dihydropyridines is 1. The van der Waals surface area contributed by atoms with Gasteiger partial charge in [-0.2, -0.15) is 0 Å². The zero-order chi connectivity index (χ0) is 26.5. The number of amides is 1. The fourth-order valence-electron chi connectivity index (χ4n) is 3.23. The van der Waals surface area contributed by atoms with E-state index < -0.39 is 11.2 Å². The molecule has 1 aliphatic rings. The van der Waals surface area contributed by atoms with Gasteiger partial charge in [-0.15, -0.1) is 5.10 Å². The first kappa shape index (κ1) is 28.0. The second-order valence-electron chi connectivity index (χ2n) is 7.87. The van der Waals surface area contributed by atoms with Crippen LogP contribution in [0.1, 0.15) is 19.8 Å². The van der Waals surface area contributed by atoms with E-state index in [4.69, 9.17) is 19.4 Å². The Balaban J connectivity index is 1.36. The summed E-state index contributed by atoms with van der Waals surface area (Å²) < 4.78 is 42.3. The Bertz CT molecular complexity index is 1130. The highest BCUT2D eigenvalue weighted by Crippen LogP contribution is 2.22. The molecule has 0 radical (unpaired) electrons. The molecule has 2 unspecified atom stereocenters. The number of carbonyl (C=O) groups excluding carboxylic acids is 1. The van der Waals surface area contributed by atoms with E-state index in [2.05, 4.69) is 30.9 Å². The predicted octanol–water partition coefficient (Wildman–Crippen LogP) is 2.98. The average molecular weight is 534 g/mol. The fraction of sp³-hybridized carbons (Fsp3) is 0.435. The quantitative estimate of drug-likeness (QED) is 0.116. The van der Waals surface area contributed by atoms with E-state index in [-0.39, 0.29) is 41.2 Å². The SMILES string of the molecule is CC1NC(C[S+]([O-])c2nnc(-c3ccc(F)cc3)o2)=CC=C1OCCCC(=O)NCCOCCN=[N+]=[N-]. The zero-order valence-electron chi connectivity index (χ0n) is 20.3. The number of nitrogens with one attached hydrogen (secondary N) is 2. The number of ether oxygens (including phenoxy) is 2. The van der Waals surface area contributed by atoms with Gasteiger partial charge in [-0.3, -0.25) is 4.79 Å². The molecule has 0 bridgehead atoms. The second-order valence-corrected chi connectivity index (χ2v) is 9.19. The molecule has 198 valence electrons. The molecule has 0 saturated heterocycles. The van der Waals surface area contributed by atoms with Crippen molar-refractivity contribution in [1.82, 2.24) is 20.8 Å². The van der Waals surface area contributed by atoms with Gasteiger partial charge in [0.25, 0.3) is 5.89 Å². The molecule has 2 aromatic rings. The Kier molecular flexibility index (Phi) is 11.2. The number of hydrogen-bond donors (Lipinski definition) is 2. The van der Waals surface area contributed by atoms with Gasteiger partial charge in [0.05, 0.1) is 42.7 Å². The van der Waals surface area contributed by atoms with E-state index in [1.165, 1.54) is 24.3 Å². The van der Waals surface area contributed by atoms with Crippen LogP contribution in [0.5, 0.6) is 0 Å². The van der Waals surface area contributed by atoms with E-state index in [0.717, 1.165) is 5.70 Å². The first-order valence-electron chi connectivity index (χ1n) is 11.6. The van der Waals surface area contributed by atoms with Crippen LogP contribution < -0.4 is 10.6 Å². The van der Waals surface area contributed by atoms with Gasteiger partial charge in [-0.05, 0) is 55.3 Å². The summed E-state index contributed by atoms with van der Waals surface area (Å²) in [6, 6.07) is 5.43. The highest BCUT2D eigenvalue weighted by Gasteiger charge is 2.25. The van der Waals surface area contributed by atoms with Crippen LogP contribution in [0, 0.1) is 5.82 Å². The standard InChI is InChI=1S/C23H28FN7O5S/c1-16-20(35-12-2-3-21(32)26-10-13-34-14-11-27-31-25)9-8-19(28-16)15-37(33)23-30-29-22(36-23)17-4-6-18(24)7-5-17/h4-9,16,28H,2-3,10-15H2,1H3,(H,26,32). The Hall–Kier alpha value is -3.58. The summed E-state index contributed by atoms with van der Waals surface area (Å²) in [5.74, 6) is 0.548. The average Bonchev–Trinajstić information content (AvgIpc) is 3.38. The second kappa shape index (κ2) is 14.9. The monoisotopic (exact) mass is 533 g/mol. The number of halogens is 1. The molecular weight excluding hydrogens is 505 g/mol.